The van der Waals surface area contributed by atoms with Gasteiger partial charge in [0.25, 0.3) is 0 Å². The van der Waals surface area contributed by atoms with E-state index in [1.165, 1.54) is 50.3 Å². The first-order valence-corrected chi connectivity index (χ1v) is 12.0. The lowest BCUT2D eigenvalue weighted by Gasteiger charge is -2.60. The van der Waals surface area contributed by atoms with Gasteiger partial charge in [0.15, 0.2) is 5.16 Å². The van der Waals surface area contributed by atoms with Crippen LogP contribution >= 0.6 is 11.8 Å². The molecule has 6 rings (SSSR count). The summed E-state index contributed by atoms with van der Waals surface area (Å²) in [4.78, 5) is 24.4. The molecule has 0 N–H and O–H groups in total. The fraction of sp³-hybridized carbons (Fsp3) is 0.542. The van der Waals surface area contributed by atoms with Gasteiger partial charge in [0.2, 0.25) is 5.91 Å². The number of benzene rings is 1. The minimum Gasteiger partial charge on any atom is -0.497 e. The second-order valence-electron chi connectivity index (χ2n) is 9.29. The van der Waals surface area contributed by atoms with Crippen molar-refractivity contribution >= 4 is 17.7 Å². The predicted octanol–water partition coefficient (Wildman–Crippen LogP) is 4.57. The van der Waals surface area contributed by atoms with Crippen LogP contribution in [0.3, 0.4) is 0 Å². The van der Waals surface area contributed by atoms with Crippen molar-refractivity contribution in [2.45, 2.75) is 55.8 Å². The summed E-state index contributed by atoms with van der Waals surface area (Å²) in [5.41, 5.74) is 1.16. The Labute approximate surface area is 182 Å². The van der Waals surface area contributed by atoms with Gasteiger partial charge in [0.1, 0.15) is 5.75 Å². The van der Waals surface area contributed by atoms with Crippen molar-refractivity contribution < 1.29 is 9.53 Å². The standard InChI is InChI=1S/C24H29N3O2S/c1-29-21-5-2-4-17(11-21)15-27(22(28)16-30-23-25-6-3-7-26-23)24-12-18-8-19(13-24)10-20(9-18)14-24/h2-7,11,18-20H,8-10,12-16H2,1H3. The van der Waals surface area contributed by atoms with E-state index in [0.29, 0.717) is 17.5 Å². The summed E-state index contributed by atoms with van der Waals surface area (Å²) in [7, 11) is 1.69. The fourth-order valence-electron chi connectivity index (χ4n) is 6.43. The van der Waals surface area contributed by atoms with Gasteiger partial charge < -0.3 is 9.64 Å². The largest absolute Gasteiger partial charge is 0.497 e. The van der Waals surface area contributed by atoms with Crippen LogP contribution in [0.5, 0.6) is 5.75 Å². The first kappa shape index (κ1) is 19.9. The minimum atomic E-state index is 0.0208. The molecule has 30 heavy (non-hydrogen) atoms. The number of nitrogens with zero attached hydrogens (tertiary/aromatic N) is 3. The van der Waals surface area contributed by atoms with E-state index in [1.54, 1.807) is 25.6 Å². The highest BCUT2D eigenvalue weighted by atomic mass is 32.2. The monoisotopic (exact) mass is 423 g/mol. The fourth-order valence-corrected chi connectivity index (χ4v) is 7.11. The van der Waals surface area contributed by atoms with Crippen LogP contribution in [0.1, 0.15) is 44.1 Å². The molecule has 0 aliphatic heterocycles. The smallest absolute Gasteiger partial charge is 0.233 e. The van der Waals surface area contributed by atoms with E-state index < -0.39 is 0 Å². The topological polar surface area (TPSA) is 55.3 Å². The first-order valence-electron chi connectivity index (χ1n) is 11.0. The molecule has 0 radical (unpaired) electrons. The molecule has 1 aromatic carbocycles. The molecule has 4 fully saturated rings. The van der Waals surface area contributed by atoms with Crippen molar-refractivity contribution in [2.24, 2.45) is 17.8 Å². The van der Waals surface area contributed by atoms with Crippen molar-refractivity contribution in [3.63, 3.8) is 0 Å². The Kier molecular flexibility index (Phi) is 5.44. The molecule has 0 spiro atoms. The summed E-state index contributed by atoms with van der Waals surface area (Å²) in [5, 5.41) is 0.665. The van der Waals surface area contributed by atoms with Gasteiger partial charge in [-0.3, -0.25) is 4.79 Å². The number of carbonyl (C=O) groups excluding carboxylic acids is 1. The lowest BCUT2D eigenvalue weighted by Crippen LogP contribution is -2.61. The zero-order chi connectivity index (χ0) is 20.6. The van der Waals surface area contributed by atoms with Gasteiger partial charge in [-0.15, -0.1) is 0 Å². The van der Waals surface area contributed by atoms with Gasteiger partial charge in [0.05, 0.1) is 12.9 Å². The van der Waals surface area contributed by atoms with E-state index in [4.69, 9.17) is 4.74 Å². The molecule has 158 valence electrons. The minimum absolute atomic E-state index is 0.0208. The number of amides is 1. The lowest BCUT2D eigenvalue weighted by molar-refractivity contribution is -0.149. The number of hydrogen-bond donors (Lipinski definition) is 0. The molecule has 5 nitrogen and oxygen atoms in total. The van der Waals surface area contributed by atoms with E-state index in [2.05, 4.69) is 27.0 Å². The Balaban J connectivity index is 1.40. The maximum Gasteiger partial charge on any atom is 0.233 e. The second kappa shape index (κ2) is 8.22. The molecule has 4 aliphatic rings. The summed E-state index contributed by atoms with van der Waals surface area (Å²) in [6, 6.07) is 9.95. The Bertz CT molecular complexity index is 869. The van der Waals surface area contributed by atoms with Gasteiger partial charge >= 0.3 is 0 Å². The van der Waals surface area contributed by atoms with Crippen molar-refractivity contribution in [1.82, 2.24) is 14.9 Å². The van der Waals surface area contributed by atoms with Gasteiger partial charge in [-0.2, -0.15) is 0 Å². The lowest BCUT2D eigenvalue weighted by atomic mass is 9.52. The van der Waals surface area contributed by atoms with Gasteiger partial charge in [-0.25, -0.2) is 9.97 Å². The zero-order valence-electron chi connectivity index (χ0n) is 17.5. The highest BCUT2D eigenvalue weighted by Crippen LogP contribution is 2.58. The van der Waals surface area contributed by atoms with Crippen molar-refractivity contribution in [3.8, 4) is 5.75 Å². The average Bonchev–Trinajstić information content (AvgIpc) is 2.76. The third-order valence-electron chi connectivity index (χ3n) is 7.22. The third-order valence-corrected chi connectivity index (χ3v) is 8.08. The van der Waals surface area contributed by atoms with Crippen LogP contribution in [-0.2, 0) is 11.3 Å². The van der Waals surface area contributed by atoms with Crippen LogP contribution in [0, 0.1) is 17.8 Å². The Morgan fingerprint density at radius 1 is 1.10 bits per heavy atom. The number of rotatable bonds is 7. The molecular formula is C24H29N3O2S. The number of methoxy groups -OCH3 is 1. The van der Waals surface area contributed by atoms with Crippen LogP contribution in [0.2, 0.25) is 0 Å². The Morgan fingerprint density at radius 3 is 2.40 bits per heavy atom. The van der Waals surface area contributed by atoms with Crippen molar-refractivity contribution in [2.75, 3.05) is 12.9 Å². The van der Waals surface area contributed by atoms with Gasteiger partial charge in [-0.05, 0) is 80.0 Å². The van der Waals surface area contributed by atoms with Crippen LogP contribution < -0.4 is 4.74 Å². The van der Waals surface area contributed by atoms with Crippen LogP contribution in [0.25, 0.3) is 0 Å². The predicted molar refractivity (Wildman–Crippen MR) is 117 cm³/mol. The number of ether oxygens (including phenoxy) is 1. The molecule has 1 aromatic heterocycles. The van der Waals surface area contributed by atoms with Gasteiger partial charge in [-0.1, -0.05) is 23.9 Å². The highest BCUT2D eigenvalue weighted by molar-refractivity contribution is 7.99. The highest BCUT2D eigenvalue weighted by Gasteiger charge is 2.54. The zero-order valence-corrected chi connectivity index (χ0v) is 18.3. The van der Waals surface area contributed by atoms with E-state index in [1.807, 2.05) is 12.1 Å². The Morgan fingerprint density at radius 2 is 1.77 bits per heavy atom. The van der Waals surface area contributed by atoms with E-state index in [-0.39, 0.29) is 11.4 Å². The summed E-state index contributed by atoms with van der Waals surface area (Å²) in [5.74, 6) is 3.82. The SMILES string of the molecule is COc1cccc(CN(C(=O)CSc2ncccn2)C23CC4CC(CC(C4)C2)C3)c1. The summed E-state index contributed by atoms with van der Waals surface area (Å²) < 4.78 is 5.43. The van der Waals surface area contributed by atoms with E-state index >= 15 is 0 Å². The summed E-state index contributed by atoms with van der Waals surface area (Å²) >= 11 is 1.44. The maximum absolute atomic E-state index is 13.6. The quantitative estimate of drug-likeness (QED) is 0.482. The molecule has 4 bridgehead atoms. The summed E-state index contributed by atoms with van der Waals surface area (Å²) in [6.45, 7) is 0.651. The van der Waals surface area contributed by atoms with Crippen LogP contribution in [0.15, 0.2) is 47.9 Å². The number of hydrogen-bond acceptors (Lipinski definition) is 5. The number of thioether (sulfide) groups is 1. The average molecular weight is 424 g/mol. The third kappa shape index (κ3) is 3.94. The second-order valence-corrected chi connectivity index (χ2v) is 10.2. The molecule has 0 atom stereocenters. The Hall–Kier alpha value is -2.08. The number of carbonyl (C=O) groups is 1. The van der Waals surface area contributed by atoms with Crippen molar-refractivity contribution in [3.05, 3.63) is 48.3 Å². The van der Waals surface area contributed by atoms with Gasteiger partial charge in [0, 0.05) is 24.5 Å². The molecule has 0 saturated heterocycles. The van der Waals surface area contributed by atoms with Crippen LogP contribution in [0.4, 0.5) is 0 Å². The molecule has 1 amide bonds. The van der Waals surface area contributed by atoms with Crippen LogP contribution in [-0.4, -0.2) is 39.2 Å². The van der Waals surface area contributed by atoms with E-state index in [0.717, 1.165) is 29.1 Å². The molecule has 4 aliphatic carbocycles. The molecular weight excluding hydrogens is 394 g/mol. The molecule has 4 saturated carbocycles. The summed E-state index contributed by atoms with van der Waals surface area (Å²) in [6.07, 6.45) is 11.1. The molecule has 0 unspecified atom stereocenters. The normalized spacial score (nSPS) is 29.0. The van der Waals surface area contributed by atoms with Crippen molar-refractivity contribution in [1.29, 1.82) is 0 Å². The molecule has 1 heterocycles. The first-order chi connectivity index (χ1) is 14.6. The van der Waals surface area contributed by atoms with E-state index in [9.17, 15) is 4.79 Å². The number of aromatic nitrogens is 2. The molecule has 6 heteroatoms. The maximum atomic E-state index is 13.6. The molecule has 2 aromatic rings.